The van der Waals surface area contributed by atoms with Crippen molar-refractivity contribution in [3.05, 3.63) is 17.7 Å². The van der Waals surface area contributed by atoms with Crippen LogP contribution in [0.4, 0.5) is 5.69 Å². The van der Waals surface area contributed by atoms with Crippen molar-refractivity contribution in [1.82, 2.24) is 9.97 Å². The Labute approximate surface area is 113 Å². The summed E-state index contributed by atoms with van der Waals surface area (Å²) in [5, 5.41) is 18.3. The van der Waals surface area contributed by atoms with Gasteiger partial charge in [0.2, 0.25) is 0 Å². The number of aromatic carboxylic acids is 1. The lowest BCUT2D eigenvalue weighted by molar-refractivity contribution is 0.0690. The van der Waals surface area contributed by atoms with E-state index in [-0.39, 0.29) is 18.2 Å². The predicted molar refractivity (Wildman–Crippen MR) is 72.7 cm³/mol. The van der Waals surface area contributed by atoms with Crippen molar-refractivity contribution in [2.45, 2.75) is 33.1 Å². The lowest BCUT2D eigenvalue weighted by Crippen LogP contribution is -2.30. The number of carbonyl (C=O) groups is 1. The molecule has 0 saturated heterocycles. The topological polar surface area (TPSA) is 86.5 Å². The Morgan fingerprint density at radius 2 is 2.11 bits per heavy atom. The van der Waals surface area contributed by atoms with Gasteiger partial charge in [0, 0.05) is 19.0 Å². The molecule has 106 valence electrons. The molecule has 1 aromatic heterocycles. The molecule has 0 fully saturated rings. The summed E-state index contributed by atoms with van der Waals surface area (Å²) in [7, 11) is 0. The summed E-state index contributed by atoms with van der Waals surface area (Å²) in [5.41, 5.74) is 0.466. The van der Waals surface area contributed by atoms with Gasteiger partial charge < -0.3 is 15.1 Å². The number of aliphatic hydroxyl groups excluding tert-OH is 1. The number of hydrogen-bond donors (Lipinski definition) is 2. The van der Waals surface area contributed by atoms with Gasteiger partial charge in [-0.2, -0.15) is 0 Å². The Bertz CT molecular complexity index is 429. The van der Waals surface area contributed by atoms with E-state index in [1.54, 1.807) is 4.90 Å². The van der Waals surface area contributed by atoms with Crippen LogP contribution >= 0.6 is 0 Å². The van der Waals surface area contributed by atoms with Crippen LogP contribution < -0.4 is 4.90 Å². The molecule has 0 unspecified atom stereocenters. The SMILES string of the molecule is CCCN(CCO)c1cnc(C(C)C)nc1C(=O)O. The van der Waals surface area contributed by atoms with Gasteiger partial charge in [-0.25, -0.2) is 14.8 Å². The highest BCUT2D eigenvalue weighted by atomic mass is 16.4. The first-order valence-electron chi connectivity index (χ1n) is 6.47. The summed E-state index contributed by atoms with van der Waals surface area (Å²) >= 11 is 0. The number of carboxylic acids is 1. The van der Waals surface area contributed by atoms with Crippen molar-refractivity contribution in [1.29, 1.82) is 0 Å². The molecule has 2 N–H and O–H groups in total. The molecule has 0 aliphatic carbocycles. The highest BCUT2D eigenvalue weighted by molar-refractivity contribution is 5.92. The molecule has 0 aliphatic rings. The minimum atomic E-state index is -1.07. The summed E-state index contributed by atoms with van der Waals surface area (Å²) in [5.74, 6) is -0.482. The Hall–Kier alpha value is -1.69. The third-order valence-corrected chi connectivity index (χ3v) is 2.71. The van der Waals surface area contributed by atoms with Crippen molar-refractivity contribution in [2.24, 2.45) is 0 Å². The number of rotatable bonds is 7. The molecule has 19 heavy (non-hydrogen) atoms. The fourth-order valence-corrected chi connectivity index (χ4v) is 1.80. The third kappa shape index (κ3) is 3.89. The van der Waals surface area contributed by atoms with Crippen LogP contribution in [0, 0.1) is 0 Å². The van der Waals surface area contributed by atoms with Gasteiger partial charge in [0.15, 0.2) is 5.69 Å². The molecule has 1 heterocycles. The second kappa shape index (κ2) is 7.04. The fourth-order valence-electron chi connectivity index (χ4n) is 1.80. The number of aliphatic hydroxyl groups is 1. The van der Waals surface area contributed by atoms with Gasteiger partial charge in [-0.3, -0.25) is 0 Å². The maximum absolute atomic E-state index is 11.3. The molecule has 0 spiro atoms. The molecule has 0 radical (unpaired) electrons. The van der Waals surface area contributed by atoms with Crippen LogP contribution in [0.25, 0.3) is 0 Å². The van der Waals surface area contributed by atoms with E-state index in [1.165, 1.54) is 6.20 Å². The molecule has 0 aliphatic heterocycles. The average molecular weight is 267 g/mol. The van der Waals surface area contributed by atoms with Crippen molar-refractivity contribution >= 4 is 11.7 Å². The van der Waals surface area contributed by atoms with Crippen LogP contribution in [0.15, 0.2) is 6.20 Å². The van der Waals surface area contributed by atoms with E-state index in [2.05, 4.69) is 9.97 Å². The Kier molecular flexibility index (Phi) is 5.69. The van der Waals surface area contributed by atoms with E-state index in [1.807, 2.05) is 20.8 Å². The van der Waals surface area contributed by atoms with Gasteiger partial charge in [-0.1, -0.05) is 20.8 Å². The second-order valence-electron chi connectivity index (χ2n) is 4.63. The average Bonchev–Trinajstić information content (AvgIpc) is 2.37. The molecule has 0 amide bonds. The van der Waals surface area contributed by atoms with Crippen molar-refractivity contribution < 1.29 is 15.0 Å². The number of nitrogens with zero attached hydrogens (tertiary/aromatic N) is 3. The predicted octanol–water partition coefficient (Wildman–Crippen LogP) is 1.51. The highest BCUT2D eigenvalue weighted by Gasteiger charge is 2.19. The zero-order valence-electron chi connectivity index (χ0n) is 11.6. The van der Waals surface area contributed by atoms with Crippen molar-refractivity contribution in [2.75, 3.05) is 24.6 Å². The smallest absolute Gasteiger partial charge is 0.356 e. The molecular weight excluding hydrogens is 246 g/mol. The Balaban J connectivity index is 3.20. The van der Waals surface area contributed by atoms with Crippen LogP contribution in [0.1, 0.15) is 49.4 Å². The van der Waals surface area contributed by atoms with E-state index < -0.39 is 5.97 Å². The lowest BCUT2D eigenvalue weighted by atomic mass is 10.2. The first-order valence-corrected chi connectivity index (χ1v) is 6.47. The van der Waals surface area contributed by atoms with Gasteiger partial charge in [0.25, 0.3) is 0 Å². The quantitative estimate of drug-likeness (QED) is 0.778. The zero-order chi connectivity index (χ0) is 14.4. The van der Waals surface area contributed by atoms with E-state index in [9.17, 15) is 9.90 Å². The lowest BCUT2D eigenvalue weighted by Gasteiger charge is -2.24. The van der Waals surface area contributed by atoms with Crippen molar-refractivity contribution in [3.8, 4) is 0 Å². The van der Waals surface area contributed by atoms with Crippen LogP contribution in [-0.4, -0.2) is 45.8 Å². The van der Waals surface area contributed by atoms with E-state index in [0.717, 1.165) is 6.42 Å². The standard InChI is InChI=1S/C13H21N3O3/c1-4-5-16(6-7-17)10-8-14-12(9(2)3)15-11(10)13(18)19/h8-9,17H,4-7H2,1-3H3,(H,18,19). The number of hydrogen-bond acceptors (Lipinski definition) is 5. The number of aromatic nitrogens is 2. The fraction of sp³-hybridized carbons (Fsp3) is 0.615. The molecule has 6 nitrogen and oxygen atoms in total. The molecular formula is C13H21N3O3. The van der Waals surface area contributed by atoms with Gasteiger partial charge in [-0.05, 0) is 6.42 Å². The largest absolute Gasteiger partial charge is 0.476 e. The monoisotopic (exact) mass is 267 g/mol. The Morgan fingerprint density at radius 1 is 1.42 bits per heavy atom. The van der Waals surface area contributed by atoms with Crippen molar-refractivity contribution in [3.63, 3.8) is 0 Å². The summed E-state index contributed by atoms with van der Waals surface area (Å²) in [6, 6.07) is 0. The zero-order valence-corrected chi connectivity index (χ0v) is 11.6. The first-order chi connectivity index (χ1) is 9.01. The van der Waals surface area contributed by atoms with E-state index in [0.29, 0.717) is 24.6 Å². The second-order valence-corrected chi connectivity index (χ2v) is 4.63. The highest BCUT2D eigenvalue weighted by Crippen LogP contribution is 2.20. The van der Waals surface area contributed by atoms with Crippen LogP contribution in [0.5, 0.6) is 0 Å². The molecule has 0 saturated carbocycles. The molecule has 6 heteroatoms. The summed E-state index contributed by atoms with van der Waals surface area (Å²) < 4.78 is 0. The molecule has 1 rings (SSSR count). The van der Waals surface area contributed by atoms with Gasteiger partial charge in [0.05, 0.1) is 18.5 Å². The minimum Gasteiger partial charge on any atom is -0.476 e. The summed E-state index contributed by atoms with van der Waals surface area (Å²) in [6.07, 6.45) is 2.39. The first kappa shape index (κ1) is 15.4. The molecule has 0 atom stereocenters. The Morgan fingerprint density at radius 3 is 2.58 bits per heavy atom. The summed E-state index contributed by atoms with van der Waals surface area (Å²) in [4.78, 5) is 21.5. The normalized spacial score (nSPS) is 10.8. The molecule has 1 aromatic rings. The van der Waals surface area contributed by atoms with Crippen LogP contribution in [0.2, 0.25) is 0 Å². The third-order valence-electron chi connectivity index (χ3n) is 2.71. The van der Waals surface area contributed by atoms with E-state index >= 15 is 0 Å². The minimum absolute atomic E-state index is 0.000556. The van der Waals surface area contributed by atoms with E-state index in [4.69, 9.17) is 5.11 Å². The number of anilines is 1. The number of carboxylic acid groups (broad SMARTS) is 1. The van der Waals surface area contributed by atoms with Gasteiger partial charge in [-0.15, -0.1) is 0 Å². The van der Waals surface area contributed by atoms with Gasteiger partial charge >= 0.3 is 5.97 Å². The van der Waals surface area contributed by atoms with Crippen LogP contribution in [-0.2, 0) is 0 Å². The molecule has 0 aromatic carbocycles. The summed E-state index contributed by atoms with van der Waals surface area (Å²) in [6.45, 7) is 6.82. The maximum Gasteiger partial charge on any atom is 0.356 e. The maximum atomic E-state index is 11.3. The van der Waals surface area contributed by atoms with Gasteiger partial charge in [0.1, 0.15) is 5.82 Å². The van der Waals surface area contributed by atoms with Crippen LogP contribution in [0.3, 0.4) is 0 Å². The molecule has 0 bridgehead atoms.